The molecule has 2 N–H and O–H groups in total. The Hall–Kier alpha value is -1.98. The fraction of sp³-hybridized carbons (Fsp3) is 0.333. The Bertz CT molecular complexity index is 405. The van der Waals surface area contributed by atoms with Gasteiger partial charge in [0.1, 0.15) is 24.6 Å². The number of nitrogen functional groups attached to an aromatic ring is 1. The van der Waals surface area contributed by atoms with Gasteiger partial charge in [0, 0.05) is 6.07 Å². The first-order valence-electron chi connectivity index (χ1n) is 4.37. The molecule has 0 saturated heterocycles. The normalized spacial score (nSPS) is 13.4. The number of nitrogens with two attached hydrogens (primary N) is 1. The molecule has 15 heavy (non-hydrogen) atoms. The largest absolute Gasteiger partial charge is 0.484 e. The van der Waals surface area contributed by atoms with Gasteiger partial charge in [-0.3, -0.25) is 0 Å². The Morgan fingerprint density at radius 3 is 3.00 bits per heavy atom. The van der Waals surface area contributed by atoms with Crippen molar-refractivity contribution in [3.8, 4) is 11.6 Å². The quantitative estimate of drug-likeness (QED) is 0.667. The average Bonchev–Trinajstić information content (AvgIpc) is 2.27. The zero-order valence-electron chi connectivity index (χ0n) is 8.15. The maximum atomic E-state index is 11.3. The molecule has 6 heteroatoms. The van der Waals surface area contributed by atoms with Crippen molar-refractivity contribution >= 4 is 11.8 Å². The third kappa shape index (κ3) is 1.65. The van der Waals surface area contributed by atoms with Gasteiger partial charge in [0.05, 0.1) is 7.11 Å². The molecule has 0 aromatic carbocycles. The van der Waals surface area contributed by atoms with E-state index in [0.29, 0.717) is 24.8 Å². The summed E-state index contributed by atoms with van der Waals surface area (Å²) in [6.45, 7) is 0.857. The Labute approximate surface area is 85.9 Å². The van der Waals surface area contributed by atoms with Crippen LogP contribution in [0.25, 0.3) is 0 Å². The van der Waals surface area contributed by atoms with E-state index in [0.717, 1.165) is 0 Å². The second kappa shape index (κ2) is 3.64. The minimum absolute atomic E-state index is 0.0751. The minimum atomic E-state index is -0.544. The molecule has 0 bridgehead atoms. The maximum Gasteiger partial charge on any atom is 0.341 e. The molecule has 0 radical (unpaired) electrons. The Balaban J connectivity index is 2.44. The van der Waals surface area contributed by atoms with Crippen molar-refractivity contribution in [2.45, 2.75) is 0 Å². The van der Waals surface area contributed by atoms with E-state index in [1.54, 1.807) is 0 Å². The molecule has 80 valence electrons. The number of fused-ring (bicyclic) bond motifs is 1. The fourth-order valence-electron chi connectivity index (χ4n) is 1.26. The molecule has 1 aliphatic heterocycles. The van der Waals surface area contributed by atoms with Crippen LogP contribution < -0.4 is 15.2 Å². The van der Waals surface area contributed by atoms with Crippen molar-refractivity contribution in [3.63, 3.8) is 0 Å². The predicted octanol–water partition coefficient (Wildman–Crippen LogP) is 0.222. The molecule has 2 heterocycles. The zero-order valence-corrected chi connectivity index (χ0v) is 8.15. The molecule has 2 rings (SSSR count). The minimum Gasteiger partial charge on any atom is -0.484 e. The van der Waals surface area contributed by atoms with Gasteiger partial charge >= 0.3 is 5.97 Å². The number of ether oxygens (including phenoxy) is 3. The van der Waals surface area contributed by atoms with E-state index >= 15 is 0 Å². The summed E-state index contributed by atoms with van der Waals surface area (Å²) < 4.78 is 15.0. The van der Waals surface area contributed by atoms with Gasteiger partial charge in [0.25, 0.3) is 5.88 Å². The van der Waals surface area contributed by atoms with Crippen molar-refractivity contribution in [3.05, 3.63) is 11.6 Å². The van der Waals surface area contributed by atoms with Gasteiger partial charge in [-0.1, -0.05) is 0 Å². The number of aromatic nitrogens is 1. The Morgan fingerprint density at radius 1 is 1.53 bits per heavy atom. The predicted molar refractivity (Wildman–Crippen MR) is 51.0 cm³/mol. The van der Waals surface area contributed by atoms with Gasteiger partial charge in [0.2, 0.25) is 0 Å². The molecule has 1 aliphatic rings. The molecule has 6 nitrogen and oxygen atoms in total. The standard InChI is InChI=1S/C9H10N2O4/c1-13-9(12)5-4-6-8(11-7(5)10)15-3-2-14-6/h4H,2-3H2,1H3,(H2,10,11). The maximum absolute atomic E-state index is 11.3. The van der Waals surface area contributed by atoms with Gasteiger partial charge in [-0.15, -0.1) is 0 Å². The smallest absolute Gasteiger partial charge is 0.341 e. The first kappa shape index (κ1) is 9.57. The second-order valence-corrected chi connectivity index (χ2v) is 2.91. The number of carbonyl (C=O) groups excluding carboxylic acids is 1. The molecular weight excluding hydrogens is 200 g/mol. The number of rotatable bonds is 1. The van der Waals surface area contributed by atoms with Crippen LogP contribution in [0.15, 0.2) is 6.07 Å². The van der Waals surface area contributed by atoms with Crippen LogP contribution >= 0.6 is 0 Å². The molecule has 0 fully saturated rings. The summed E-state index contributed by atoms with van der Waals surface area (Å²) in [7, 11) is 1.28. The van der Waals surface area contributed by atoms with Crippen LogP contribution in [0.5, 0.6) is 11.6 Å². The summed E-state index contributed by atoms with van der Waals surface area (Å²) in [6, 6.07) is 1.47. The number of pyridine rings is 1. The van der Waals surface area contributed by atoms with Gasteiger partial charge in [-0.25, -0.2) is 4.79 Å². The lowest BCUT2D eigenvalue weighted by atomic mass is 10.2. The number of carbonyl (C=O) groups is 1. The van der Waals surface area contributed by atoms with E-state index < -0.39 is 5.97 Å². The second-order valence-electron chi connectivity index (χ2n) is 2.91. The molecule has 0 spiro atoms. The van der Waals surface area contributed by atoms with Crippen LogP contribution in [-0.4, -0.2) is 31.3 Å². The summed E-state index contributed by atoms with van der Waals surface area (Å²) >= 11 is 0. The topological polar surface area (TPSA) is 83.7 Å². The van der Waals surface area contributed by atoms with Crippen LogP contribution in [0.2, 0.25) is 0 Å². The van der Waals surface area contributed by atoms with Crippen LogP contribution in [-0.2, 0) is 4.74 Å². The van der Waals surface area contributed by atoms with E-state index in [9.17, 15) is 4.79 Å². The molecule has 0 unspecified atom stereocenters. The highest BCUT2D eigenvalue weighted by Gasteiger charge is 2.20. The SMILES string of the molecule is COC(=O)c1cc2c(nc1N)OCCO2. The molecule has 1 aromatic rings. The lowest BCUT2D eigenvalue weighted by Gasteiger charge is -2.18. The molecule has 0 amide bonds. The molecule has 0 atom stereocenters. The zero-order chi connectivity index (χ0) is 10.8. The van der Waals surface area contributed by atoms with Crippen molar-refractivity contribution in [2.75, 3.05) is 26.1 Å². The molecule has 1 aromatic heterocycles. The lowest BCUT2D eigenvalue weighted by Crippen LogP contribution is -2.18. The third-order valence-electron chi connectivity index (χ3n) is 1.97. The number of methoxy groups -OCH3 is 1. The van der Waals surface area contributed by atoms with Crippen LogP contribution in [0, 0.1) is 0 Å². The van der Waals surface area contributed by atoms with Crippen LogP contribution in [0.3, 0.4) is 0 Å². The molecular formula is C9H10N2O4. The van der Waals surface area contributed by atoms with E-state index in [4.69, 9.17) is 15.2 Å². The van der Waals surface area contributed by atoms with E-state index in [2.05, 4.69) is 9.72 Å². The van der Waals surface area contributed by atoms with E-state index in [-0.39, 0.29) is 11.4 Å². The van der Waals surface area contributed by atoms with Crippen molar-refractivity contribution in [1.29, 1.82) is 0 Å². The molecule has 0 aliphatic carbocycles. The average molecular weight is 210 g/mol. The van der Waals surface area contributed by atoms with Gasteiger partial charge in [-0.2, -0.15) is 4.98 Å². The van der Waals surface area contributed by atoms with Crippen LogP contribution in [0.1, 0.15) is 10.4 Å². The number of anilines is 1. The number of nitrogens with zero attached hydrogens (tertiary/aromatic N) is 1. The number of esters is 1. The first-order valence-corrected chi connectivity index (χ1v) is 4.37. The third-order valence-corrected chi connectivity index (χ3v) is 1.97. The fourth-order valence-corrected chi connectivity index (χ4v) is 1.26. The number of hydrogen-bond acceptors (Lipinski definition) is 6. The summed E-state index contributed by atoms with van der Waals surface area (Å²) in [4.78, 5) is 15.2. The van der Waals surface area contributed by atoms with Crippen LogP contribution in [0.4, 0.5) is 5.82 Å². The Kier molecular flexibility index (Phi) is 2.32. The highest BCUT2D eigenvalue weighted by molar-refractivity contribution is 5.94. The summed E-state index contributed by atoms with van der Waals surface area (Å²) in [5.74, 6) is 0.255. The van der Waals surface area contributed by atoms with Crippen molar-refractivity contribution in [2.24, 2.45) is 0 Å². The summed E-state index contributed by atoms with van der Waals surface area (Å²) in [5.41, 5.74) is 5.76. The number of hydrogen-bond donors (Lipinski definition) is 1. The van der Waals surface area contributed by atoms with E-state index in [1.807, 2.05) is 0 Å². The summed E-state index contributed by atoms with van der Waals surface area (Å²) in [5, 5.41) is 0. The van der Waals surface area contributed by atoms with Gasteiger partial charge < -0.3 is 19.9 Å². The summed E-state index contributed by atoms with van der Waals surface area (Å²) in [6.07, 6.45) is 0. The van der Waals surface area contributed by atoms with Crippen molar-refractivity contribution in [1.82, 2.24) is 4.98 Å². The van der Waals surface area contributed by atoms with Crippen molar-refractivity contribution < 1.29 is 19.0 Å². The first-order chi connectivity index (χ1) is 7.22. The van der Waals surface area contributed by atoms with Gasteiger partial charge in [0.15, 0.2) is 5.75 Å². The monoisotopic (exact) mass is 210 g/mol. The Morgan fingerprint density at radius 2 is 2.27 bits per heavy atom. The van der Waals surface area contributed by atoms with Gasteiger partial charge in [-0.05, 0) is 0 Å². The highest BCUT2D eigenvalue weighted by atomic mass is 16.6. The van der Waals surface area contributed by atoms with E-state index in [1.165, 1.54) is 13.2 Å². The highest BCUT2D eigenvalue weighted by Crippen LogP contribution is 2.31. The lowest BCUT2D eigenvalue weighted by molar-refractivity contribution is 0.0600. The molecule has 0 saturated carbocycles.